The molecule has 3 aromatic rings. The number of rotatable bonds is 22. The van der Waals surface area contributed by atoms with E-state index in [4.69, 9.17) is 51.8 Å². The Kier molecular flexibility index (Phi) is 18.5. The Bertz CT molecular complexity index is 2140. The molecule has 0 unspecified atom stereocenters. The largest absolute Gasteiger partial charge is 0.493 e. The van der Waals surface area contributed by atoms with Crippen LogP contribution in [0.5, 0.6) is 34.5 Å². The molecule has 1 saturated heterocycles. The van der Waals surface area contributed by atoms with Gasteiger partial charge in [-0.05, 0) is 71.6 Å². The average Bonchev–Trinajstić information content (AvgIpc) is 3.28. The van der Waals surface area contributed by atoms with Crippen LogP contribution in [0.3, 0.4) is 0 Å². The summed E-state index contributed by atoms with van der Waals surface area (Å²) in [5.74, 6) is 0.0906. The number of aliphatic hydroxyl groups excluding tert-OH is 1. The van der Waals surface area contributed by atoms with Gasteiger partial charge in [-0.3, -0.25) is 4.79 Å². The highest BCUT2D eigenvalue weighted by molar-refractivity contribution is 6.74. The molecule has 4 rings (SSSR count). The van der Waals surface area contributed by atoms with E-state index in [9.17, 15) is 19.5 Å². The number of carbonyl (C=O) groups excluding carboxylic acids is 3. The van der Waals surface area contributed by atoms with Gasteiger partial charge in [-0.15, -0.1) is 0 Å². The molecule has 1 aliphatic heterocycles. The van der Waals surface area contributed by atoms with Gasteiger partial charge in [0.05, 0.1) is 67.1 Å². The highest BCUT2D eigenvalue weighted by atomic mass is 28.4. The third kappa shape index (κ3) is 12.4. The summed E-state index contributed by atoms with van der Waals surface area (Å²) in [5, 5.41) is 11.9. The summed E-state index contributed by atoms with van der Waals surface area (Å²) >= 11 is 0. The normalized spacial score (nSPS) is 18.6. The lowest BCUT2D eigenvalue weighted by atomic mass is 9.73. The first-order valence-corrected chi connectivity index (χ1v) is 25.0. The molecule has 0 saturated carbocycles. The fraction of sp³-hybridized carbons (Fsp3) is 0.580. The molecule has 66 heavy (non-hydrogen) atoms. The molecule has 6 atom stereocenters. The topological polar surface area (TPSA) is 173 Å². The van der Waals surface area contributed by atoms with Crippen molar-refractivity contribution in [2.24, 2.45) is 11.3 Å². The zero-order chi connectivity index (χ0) is 49.3. The number of benzene rings is 3. The summed E-state index contributed by atoms with van der Waals surface area (Å²) in [6.45, 7) is 18.3. The number of ketones is 1. The van der Waals surface area contributed by atoms with Gasteiger partial charge in [0, 0.05) is 43.8 Å². The van der Waals surface area contributed by atoms with Gasteiger partial charge < -0.3 is 56.9 Å². The Balaban J connectivity index is 1.73. The van der Waals surface area contributed by atoms with E-state index in [1.807, 2.05) is 26.0 Å². The van der Waals surface area contributed by atoms with Gasteiger partial charge in [-0.2, -0.15) is 0 Å². The van der Waals surface area contributed by atoms with Gasteiger partial charge in [-0.25, -0.2) is 9.59 Å². The predicted molar refractivity (Wildman–Crippen MR) is 251 cm³/mol. The van der Waals surface area contributed by atoms with Crippen molar-refractivity contribution >= 4 is 26.0 Å². The minimum atomic E-state index is -2.36. The second kappa shape index (κ2) is 22.7. The number of methoxy groups -OCH3 is 7. The van der Waals surface area contributed by atoms with Crippen molar-refractivity contribution in [1.82, 2.24) is 0 Å². The number of carbonyl (C=O) groups is 3. The lowest BCUT2D eigenvalue weighted by Crippen LogP contribution is -2.59. The first-order valence-electron chi connectivity index (χ1n) is 22.1. The van der Waals surface area contributed by atoms with Crippen molar-refractivity contribution in [2.45, 2.75) is 130 Å². The van der Waals surface area contributed by atoms with Crippen molar-refractivity contribution in [3.8, 4) is 34.5 Å². The molecule has 0 amide bonds. The number of hydrogen-bond acceptors (Lipinski definition) is 15. The van der Waals surface area contributed by atoms with E-state index in [0.717, 1.165) is 5.56 Å². The van der Waals surface area contributed by atoms with Gasteiger partial charge in [-0.1, -0.05) is 53.7 Å². The third-order valence-electron chi connectivity index (χ3n) is 13.3. The molecule has 1 N–H and O–H groups in total. The van der Waals surface area contributed by atoms with Crippen molar-refractivity contribution in [1.29, 1.82) is 0 Å². The van der Waals surface area contributed by atoms with Crippen LogP contribution < -0.4 is 28.4 Å². The number of Topliss-reactive ketones (excluding diaryl/α,β-unsaturated/α-hetero) is 1. The van der Waals surface area contributed by atoms with E-state index < -0.39 is 62.1 Å². The minimum absolute atomic E-state index is 0.0115. The van der Waals surface area contributed by atoms with Crippen molar-refractivity contribution < 1.29 is 71.3 Å². The maximum Gasteiger partial charge on any atom is 0.341 e. The second-order valence-electron chi connectivity index (χ2n) is 18.8. The summed E-state index contributed by atoms with van der Waals surface area (Å²) < 4.78 is 64.2. The van der Waals surface area contributed by atoms with Gasteiger partial charge in [0.1, 0.15) is 36.1 Å². The summed E-state index contributed by atoms with van der Waals surface area (Å²) in [6.07, 6.45) is -4.15. The van der Waals surface area contributed by atoms with Crippen LogP contribution in [0.1, 0.15) is 87.0 Å². The molecular formula is C50H72O15Si. The highest BCUT2D eigenvalue weighted by Crippen LogP contribution is 2.47. The quantitative estimate of drug-likeness (QED) is 0.0753. The van der Waals surface area contributed by atoms with Crippen LogP contribution in [0.2, 0.25) is 18.1 Å². The molecule has 0 spiro atoms. The first kappa shape index (κ1) is 53.7. The Morgan fingerprint density at radius 1 is 0.788 bits per heavy atom. The van der Waals surface area contributed by atoms with Gasteiger partial charge in [0.2, 0.25) is 0 Å². The summed E-state index contributed by atoms with van der Waals surface area (Å²) in [7, 11) is 7.79. The maximum atomic E-state index is 14.5. The monoisotopic (exact) mass is 940 g/mol. The Morgan fingerprint density at radius 3 is 1.79 bits per heavy atom. The van der Waals surface area contributed by atoms with Gasteiger partial charge >= 0.3 is 11.9 Å². The molecule has 1 heterocycles. The molecule has 366 valence electrons. The molecule has 16 heteroatoms. The van der Waals surface area contributed by atoms with Crippen LogP contribution in [0, 0.1) is 18.3 Å². The molecule has 0 aromatic heterocycles. The van der Waals surface area contributed by atoms with E-state index in [1.165, 1.54) is 28.4 Å². The van der Waals surface area contributed by atoms with Crippen LogP contribution in [0.4, 0.5) is 0 Å². The number of ether oxygens (including phenoxy) is 10. The van der Waals surface area contributed by atoms with E-state index in [2.05, 4.69) is 33.9 Å². The summed E-state index contributed by atoms with van der Waals surface area (Å²) in [6, 6.07) is 12.4. The second-order valence-corrected chi connectivity index (χ2v) is 23.6. The molecule has 0 radical (unpaired) electrons. The number of hydrogen-bond donors (Lipinski definition) is 1. The Morgan fingerprint density at radius 2 is 1.32 bits per heavy atom. The fourth-order valence-electron chi connectivity index (χ4n) is 7.78. The number of aliphatic hydroxyl groups is 1. The van der Waals surface area contributed by atoms with Gasteiger partial charge in [0.15, 0.2) is 37.4 Å². The van der Waals surface area contributed by atoms with E-state index in [-0.39, 0.29) is 48.2 Å². The van der Waals surface area contributed by atoms with Crippen LogP contribution in [-0.4, -0.2) is 111 Å². The average molecular weight is 941 g/mol. The van der Waals surface area contributed by atoms with E-state index >= 15 is 0 Å². The zero-order valence-corrected chi connectivity index (χ0v) is 42.7. The molecule has 3 aromatic carbocycles. The lowest BCUT2D eigenvalue weighted by Gasteiger charge is -2.52. The molecule has 0 aliphatic carbocycles. The van der Waals surface area contributed by atoms with Crippen molar-refractivity contribution in [2.75, 3.05) is 49.8 Å². The van der Waals surface area contributed by atoms with Gasteiger partial charge in [0.25, 0.3) is 0 Å². The van der Waals surface area contributed by atoms with Crippen molar-refractivity contribution in [3.05, 3.63) is 70.3 Å². The highest BCUT2D eigenvalue weighted by Gasteiger charge is 2.53. The SMILES string of the molecule is COC(=O)c1c(OCc2ccc(OC)c(OC)c2)cc(OCc2ccc(OC)c(OC)c2)c(C)c1C[C@@H](O)[C@H](C)C(=O)C[C@H]1O[C@H]([C@H](OC)C(=O)OC)C[C@@H](O[Si](C)(C)C(C)(C)C)C1(C)C. The molecule has 15 nitrogen and oxygen atoms in total. The molecule has 0 bridgehead atoms. The summed E-state index contributed by atoms with van der Waals surface area (Å²) in [4.78, 5) is 41.2. The molecular weight excluding hydrogens is 869 g/mol. The fourth-order valence-corrected chi connectivity index (χ4v) is 9.24. The Hall–Kier alpha value is -4.87. The van der Waals surface area contributed by atoms with Crippen LogP contribution in [-0.2, 0) is 52.6 Å². The number of esters is 2. The maximum absolute atomic E-state index is 14.5. The first-order chi connectivity index (χ1) is 31.0. The third-order valence-corrected chi connectivity index (χ3v) is 17.8. The van der Waals surface area contributed by atoms with Crippen molar-refractivity contribution in [3.63, 3.8) is 0 Å². The predicted octanol–water partition coefficient (Wildman–Crippen LogP) is 8.23. The van der Waals surface area contributed by atoms with Crippen LogP contribution in [0.25, 0.3) is 0 Å². The smallest absolute Gasteiger partial charge is 0.341 e. The van der Waals surface area contributed by atoms with E-state index in [0.29, 0.717) is 51.9 Å². The minimum Gasteiger partial charge on any atom is -0.493 e. The summed E-state index contributed by atoms with van der Waals surface area (Å²) in [5.41, 5.74) is 1.77. The lowest BCUT2D eigenvalue weighted by molar-refractivity contribution is -0.208. The molecule has 1 aliphatic rings. The van der Waals surface area contributed by atoms with Crippen LogP contribution >= 0.6 is 0 Å². The zero-order valence-electron chi connectivity index (χ0n) is 41.7. The molecule has 1 fully saturated rings. The van der Waals surface area contributed by atoms with E-state index in [1.54, 1.807) is 65.5 Å². The standard InChI is InChI=1S/C50H72O15Si/c1-29-33(23-34(51)30(2)35(52)24-43-50(6,7)44(65-66(15,16)49(3,4)5)26-42(64-43)46(59-12)48(54)61-14)45(47(53)60-13)41(63-28-32-18-20-37(56-9)40(22-32)58-11)25-38(29)62-27-31-17-19-36(55-8)39(21-31)57-10/h17-22,25,30,34,42-44,46,51H,23-24,26-28H2,1-16H3/t30-,34+,42-,43+,44+,46-/m0/s1. The Labute approximate surface area is 391 Å². The van der Waals surface area contributed by atoms with Crippen LogP contribution in [0.15, 0.2) is 42.5 Å².